The van der Waals surface area contributed by atoms with E-state index in [4.69, 9.17) is 9.47 Å². The first-order chi connectivity index (χ1) is 7.72. The van der Waals surface area contributed by atoms with E-state index < -0.39 is 15.3 Å². The molecular weight excluding hydrogens is 334 g/mol. The van der Waals surface area contributed by atoms with Crippen LogP contribution in [-0.2, 0) is 9.53 Å². The number of benzene rings is 1. The van der Waals surface area contributed by atoms with Crippen molar-refractivity contribution in [2.75, 3.05) is 6.61 Å². The molecule has 4 nitrogen and oxygen atoms in total. The molecule has 0 fully saturated rings. The third-order valence-corrected chi connectivity index (χ3v) is 7.17. The van der Waals surface area contributed by atoms with Crippen LogP contribution < -0.4 is 14.2 Å². The zero-order valence-electron chi connectivity index (χ0n) is 7.97. The van der Waals surface area contributed by atoms with Gasteiger partial charge in [0.25, 0.3) is 0 Å². The summed E-state index contributed by atoms with van der Waals surface area (Å²) in [6.45, 7) is 0.187. The van der Waals surface area contributed by atoms with Crippen molar-refractivity contribution in [2.45, 2.75) is 0 Å². The SMILES string of the molecule is O=C1COC(C2=[As]c3ccc([O-])cc3O2)=[As]1. The molecule has 0 bridgehead atoms. The number of carbonyl (C=O) groups excluding carboxylic acids is 1. The quantitative estimate of drug-likeness (QED) is 0.556. The third-order valence-electron chi connectivity index (χ3n) is 2.10. The fourth-order valence-electron chi connectivity index (χ4n) is 1.41. The molecule has 0 amide bonds. The van der Waals surface area contributed by atoms with E-state index in [0.717, 1.165) is 13.3 Å². The molecule has 0 saturated heterocycles. The molecule has 0 aromatic heterocycles. The first kappa shape index (κ1) is 10.5. The molecule has 2 aliphatic rings. The Labute approximate surface area is 104 Å². The predicted octanol–water partition coefficient (Wildman–Crippen LogP) is -2.00. The molecule has 3 rings (SSSR count). The number of hydrogen-bond acceptors (Lipinski definition) is 4. The van der Waals surface area contributed by atoms with Gasteiger partial charge in [-0.3, -0.25) is 0 Å². The summed E-state index contributed by atoms with van der Waals surface area (Å²) in [6, 6.07) is 4.84. The van der Waals surface area contributed by atoms with Crippen LogP contribution in [0.25, 0.3) is 0 Å². The van der Waals surface area contributed by atoms with Gasteiger partial charge in [-0.2, -0.15) is 0 Å². The summed E-state index contributed by atoms with van der Waals surface area (Å²) in [5.41, 5.74) is 0. The van der Waals surface area contributed by atoms with Gasteiger partial charge < -0.3 is 0 Å². The van der Waals surface area contributed by atoms with Gasteiger partial charge >= 0.3 is 104 Å². The van der Waals surface area contributed by atoms with Crippen LogP contribution in [0, 0.1) is 0 Å². The van der Waals surface area contributed by atoms with E-state index in [9.17, 15) is 9.90 Å². The molecule has 0 N–H and O–H groups in total. The van der Waals surface area contributed by atoms with Gasteiger partial charge in [0, 0.05) is 0 Å². The zero-order valence-corrected chi connectivity index (χ0v) is 11.7. The van der Waals surface area contributed by atoms with Crippen molar-refractivity contribution in [2.24, 2.45) is 0 Å². The van der Waals surface area contributed by atoms with Crippen molar-refractivity contribution in [3.8, 4) is 11.5 Å². The van der Waals surface area contributed by atoms with Crippen LogP contribution in [0.15, 0.2) is 18.2 Å². The van der Waals surface area contributed by atoms with Gasteiger partial charge in [-0.25, -0.2) is 0 Å². The fraction of sp³-hybridized carbons (Fsp3) is 0.100. The van der Waals surface area contributed by atoms with Crippen molar-refractivity contribution < 1.29 is 19.4 Å². The molecule has 0 radical (unpaired) electrons. The molecule has 0 unspecified atom stereocenters. The maximum absolute atomic E-state index is 11.1. The summed E-state index contributed by atoms with van der Waals surface area (Å²) in [6.07, 6.45) is 0. The molecule has 1 aromatic carbocycles. The van der Waals surface area contributed by atoms with E-state index in [1.165, 1.54) is 6.07 Å². The van der Waals surface area contributed by atoms with Gasteiger partial charge in [0.15, 0.2) is 0 Å². The minimum atomic E-state index is -0.525. The maximum atomic E-state index is 11.1. The molecule has 1 aromatic rings. The van der Waals surface area contributed by atoms with Gasteiger partial charge in [-0.05, 0) is 0 Å². The monoisotopic (exact) mass is 339 g/mol. The first-order valence-corrected chi connectivity index (χ1v) is 8.30. The van der Waals surface area contributed by atoms with E-state index in [-0.39, 0.29) is 32.2 Å². The third kappa shape index (κ3) is 1.82. The molecular formula is C10H5As2O4-. The average Bonchev–Trinajstić information content (AvgIpc) is 2.83. The fourth-order valence-corrected chi connectivity index (χ4v) is 5.69. The van der Waals surface area contributed by atoms with Gasteiger partial charge in [0.2, 0.25) is 0 Å². The molecule has 80 valence electrons. The van der Waals surface area contributed by atoms with Crippen LogP contribution in [0.2, 0.25) is 0 Å². The van der Waals surface area contributed by atoms with Gasteiger partial charge in [-0.15, -0.1) is 0 Å². The molecule has 2 heterocycles. The summed E-state index contributed by atoms with van der Waals surface area (Å²) in [4.78, 5) is 11.1. The van der Waals surface area contributed by atoms with Crippen molar-refractivity contribution in [3.05, 3.63) is 18.2 Å². The molecule has 0 saturated carbocycles. The van der Waals surface area contributed by atoms with Crippen LogP contribution in [0.1, 0.15) is 0 Å². The Hall–Kier alpha value is -0.693. The summed E-state index contributed by atoms with van der Waals surface area (Å²) >= 11 is -0.795. The predicted molar refractivity (Wildman–Crippen MR) is 58.6 cm³/mol. The van der Waals surface area contributed by atoms with Gasteiger partial charge in [0.05, 0.1) is 0 Å². The van der Waals surface area contributed by atoms with Crippen molar-refractivity contribution in [1.29, 1.82) is 0 Å². The van der Waals surface area contributed by atoms with E-state index in [1.54, 1.807) is 12.1 Å². The first-order valence-electron chi connectivity index (χ1n) is 4.55. The topological polar surface area (TPSA) is 58.6 Å². The molecule has 0 spiro atoms. The van der Waals surface area contributed by atoms with E-state index in [2.05, 4.69) is 0 Å². The van der Waals surface area contributed by atoms with E-state index >= 15 is 0 Å². The Morgan fingerprint density at radius 1 is 1.25 bits per heavy atom. The summed E-state index contributed by atoms with van der Waals surface area (Å²) in [5.74, 6) is 0.585. The second-order valence-electron chi connectivity index (χ2n) is 3.25. The minimum absolute atomic E-state index is 0.0529. The number of ether oxygens (including phenoxy) is 2. The van der Waals surface area contributed by atoms with Crippen molar-refractivity contribution in [3.63, 3.8) is 0 Å². The van der Waals surface area contributed by atoms with Crippen LogP contribution in [0.3, 0.4) is 0 Å². The van der Waals surface area contributed by atoms with Gasteiger partial charge in [0.1, 0.15) is 0 Å². The average molecular weight is 339 g/mol. The Bertz CT molecular complexity index is 548. The molecule has 16 heavy (non-hydrogen) atoms. The number of rotatable bonds is 1. The Kier molecular flexibility index (Phi) is 2.59. The second-order valence-corrected chi connectivity index (χ2v) is 7.95. The van der Waals surface area contributed by atoms with Crippen LogP contribution in [-0.4, -0.2) is 50.8 Å². The van der Waals surface area contributed by atoms with Gasteiger partial charge in [-0.1, -0.05) is 0 Å². The normalized spacial score (nSPS) is 19.9. The number of fused-ring (bicyclic) bond motifs is 1. The Morgan fingerprint density at radius 2 is 2.12 bits per heavy atom. The number of hydrogen-bond donors (Lipinski definition) is 0. The Balaban J connectivity index is 1.94. The van der Waals surface area contributed by atoms with Crippen LogP contribution >= 0.6 is 0 Å². The second kappa shape index (κ2) is 3.96. The summed E-state index contributed by atoms with van der Waals surface area (Å²) in [7, 11) is 0. The number of carbonyl (C=O) groups is 1. The van der Waals surface area contributed by atoms with Crippen molar-refractivity contribution >= 4 is 48.5 Å². The Morgan fingerprint density at radius 3 is 2.88 bits per heavy atom. The molecule has 0 atom stereocenters. The van der Waals surface area contributed by atoms with Crippen molar-refractivity contribution in [1.82, 2.24) is 0 Å². The summed E-state index contributed by atoms with van der Waals surface area (Å²) in [5, 5.41) is 11.1. The summed E-state index contributed by atoms with van der Waals surface area (Å²) < 4.78 is 13.7. The van der Waals surface area contributed by atoms with Crippen LogP contribution in [0.4, 0.5) is 0 Å². The zero-order chi connectivity index (χ0) is 11.1. The molecule has 6 heteroatoms. The molecule has 2 aliphatic heterocycles. The van der Waals surface area contributed by atoms with E-state index in [1.807, 2.05) is 0 Å². The molecule has 0 aliphatic carbocycles. The standard InChI is InChI=1S/C10H6As2O4/c13-5-1-2-6-7(3-5)16-10(11-6)9-12-8(14)4-15-9/h1-3,13H,4H2/p-1. The van der Waals surface area contributed by atoms with E-state index in [0.29, 0.717) is 5.75 Å². The van der Waals surface area contributed by atoms with Crippen LogP contribution in [0.5, 0.6) is 11.5 Å².